The number of aliphatic carboxylic acids is 2. The Hall–Kier alpha value is -5.29. The van der Waals surface area contributed by atoms with Gasteiger partial charge in [-0.2, -0.15) is 0 Å². The van der Waals surface area contributed by atoms with Crippen molar-refractivity contribution in [3.63, 3.8) is 0 Å². The summed E-state index contributed by atoms with van der Waals surface area (Å²) in [7, 11) is 4.82. The summed E-state index contributed by atoms with van der Waals surface area (Å²) < 4.78 is 0. The normalized spacial score (nSPS) is 12.6. The molecule has 3 amide bonds. The summed E-state index contributed by atoms with van der Waals surface area (Å²) >= 11 is 0. The molecule has 3 aromatic rings. The van der Waals surface area contributed by atoms with E-state index in [-0.39, 0.29) is 17.7 Å². The van der Waals surface area contributed by atoms with Gasteiger partial charge in [-0.1, -0.05) is 78.9 Å². The molecule has 2 atom stereocenters. The minimum atomic E-state index is -1.26. The van der Waals surface area contributed by atoms with Crippen LogP contribution in [0.2, 0.25) is 0 Å². The fourth-order valence-corrected chi connectivity index (χ4v) is 4.65. The number of carbonyl (C=O) groups excluding carboxylic acids is 3. The van der Waals surface area contributed by atoms with Crippen LogP contribution in [0.15, 0.2) is 97.1 Å². The Labute approximate surface area is 275 Å². The molecule has 0 aliphatic rings. The monoisotopic (exact) mass is 644 g/mol. The van der Waals surface area contributed by atoms with Gasteiger partial charge in [0.15, 0.2) is 0 Å². The highest BCUT2D eigenvalue weighted by atomic mass is 16.4. The van der Waals surface area contributed by atoms with Gasteiger partial charge >= 0.3 is 11.9 Å². The molecule has 11 heteroatoms. The summed E-state index contributed by atoms with van der Waals surface area (Å²) in [5.41, 5.74) is 7.47. The molecular formula is C36H44N4O7. The molecule has 0 heterocycles. The summed E-state index contributed by atoms with van der Waals surface area (Å²) in [5, 5.41) is 20.5. The number of nitrogens with one attached hydrogen (secondary N) is 1. The van der Waals surface area contributed by atoms with Crippen LogP contribution in [-0.4, -0.2) is 88.4 Å². The fourth-order valence-electron chi connectivity index (χ4n) is 4.65. The summed E-state index contributed by atoms with van der Waals surface area (Å²) in [6, 6.07) is 22.1. The van der Waals surface area contributed by atoms with Crippen LogP contribution in [0.5, 0.6) is 0 Å². The first kappa shape index (κ1) is 37.9. The molecule has 0 aromatic heterocycles. The minimum absolute atomic E-state index is 0.266. The molecule has 0 saturated carbocycles. The molecule has 0 aliphatic heterocycles. The van der Waals surface area contributed by atoms with Crippen LogP contribution in [0.1, 0.15) is 31.4 Å². The van der Waals surface area contributed by atoms with Gasteiger partial charge in [0, 0.05) is 51.7 Å². The second-order valence-electron chi connectivity index (χ2n) is 11.7. The molecule has 0 radical (unpaired) electrons. The van der Waals surface area contributed by atoms with E-state index in [9.17, 15) is 24.0 Å². The number of hydrogen-bond acceptors (Lipinski definition) is 6. The van der Waals surface area contributed by atoms with Crippen molar-refractivity contribution in [3.8, 4) is 0 Å². The number of nitrogens with zero attached hydrogens (tertiary/aromatic N) is 2. The summed E-state index contributed by atoms with van der Waals surface area (Å²) in [4.78, 5) is 62.2. The van der Waals surface area contributed by atoms with E-state index < -0.39 is 29.6 Å². The Morgan fingerprint density at radius 3 is 1.87 bits per heavy atom. The molecule has 0 fully saturated rings. The van der Waals surface area contributed by atoms with E-state index in [1.807, 2.05) is 86.6 Å². The minimum Gasteiger partial charge on any atom is -0.478 e. The quantitative estimate of drug-likeness (QED) is 0.205. The molecule has 0 bridgehead atoms. The van der Waals surface area contributed by atoms with Gasteiger partial charge in [-0.05, 0) is 48.2 Å². The third kappa shape index (κ3) is 12.9. The van der Waals surface area contributed by atoms with Crippen LogP contribution >= 0.6 is 0 Å². The zero-order valence-corrected chi connectivity index (χ0v) is 27.4. The molecule has 3 aromatic carbocycles. The number of carboxylic acids is 2. The first-order chi connectivity index (χ1) is 22.1. The van der Waals surface area contributed by atoms with Gasteiger partial charge in [0.25, 0.3) is 0 Å². The van der Waals surface area contributed by atoms with E-state index in [4.69, 9.17) is 15.9 Å². The van der Waals surface area contributed by atoms with Crippen molar-refractivity contribution in [2.24, 2.45) is 5.73 Å². The molecule has 0 aliphatic carbocycles. The van der Waals surface area contributed by atoms with Crippen LogP contribution in [0.4, 0.5) is 0 Å². The maximum absolute atomic E-state index is 14.1. The van der Waals surface area contributed by atoms with E-state index in [1.165, 1.54) is 15.9 Å². The first-order valence-corrected chi connectivity index (χ1v) is 15.0. The molecular weight excluding hydrogens is 600 g/mol. The molecule has 0 unspecified atom stereocenters. The van der Waals surface area contributed by atoms with Gasteiger partial charge in [0.05, 0.1) is 0 Å². The average molecular weight is 645 g/mol. The van der Waals surface area contributed by atoms with Crippen molar-refractivity contribution in [1.82, 2.24) is 15.1 Å². The number of carbonyl (C=O) groups is 5. The van der Waals surface area contributed by atoms with Crippen molar-refractivity contribution >= 4 is 40.4 Å². The van der Waals surface area contributed by atoms with E-state index in [1.54, 1.807) is 27.2 Å². The lowest BCUT2D eigenvalue weighted by atomic mass is 9.98. The van der Waals surface area contributed by atoms with Gasteiger partial charge in [-0.3, -0.25) is 14.4 Å². The topological polar surface area (TPSA) is 170 Å². The standard InChI is InChI=1S/C32H40N4O3.C4H4O4/c1-32(2,33)19-11-16-29(37)35(4)28(22-24-17-18-25-14-9-10-15-26(25)20-24)31(39)36(5)27(30(38)34-3)21-23-12-7-6-8-13-23;5-3(6)1-2-4(7)8/h6-18,20,27-28H,19,21-22,33H2,1-5H3,(H,34,38);1-2H,(H,5,6)(H,7,8)/b16-11+;2-1+/t27-,28-;/m1./s1. The molecule has 47 heavy (non-hydrogen) atoms. The lowest BCUT2D eigenvalue weighted by Crippen LogP contribution is -2.55. The molecule has 250 valence electrons. The largest absolute Gasteiger partial charge is 0.478 e. The third-order valence-corrected chi connectivity index (χ3v) is 7.25. The lowest BCUT2D eigenvalue weighted by molar-refractivity contribution is -0.146. The molecule has 11 nitrogen and oxygen atoms in total. The van der Waals surface area contributed by atoms with Crippen LogP contribution in [0.25, 0.3) is 10.8 Å². The number of amides is 3. The zero-order valence-electron chi connectivity index (χ0n) is 27.4. The van der Waals surface area contributed by atoms with Gasteiger partial charge in [0.2, 0.25) is 17.7 Å². The average Bonchev–Trinajstić information content (AvgIpc) is 3.03. The fraction of sp³-hybridized carbons (Fsp3) is 0.306. The molecule has 3 rings (SSSR count). The summed E-state index contributed by atoms with van der Waals surface area (Å²) in [6.45, 7) is 3.77. The Bertz CT molecular complexity index is 1580. The predicted octanol–water partition coefficient (Wildman–Crippen LogP) is 3.42. The van der Waals surface area contributed by atoms with E-state index in [0.717, 1.165) is 21.9 Å². The highest BCUT2D eigenvalue weighted by Crippen LogP contribution is 2.20. The number of benzene rings is 3. The highest BCUT2D eigenvalue weighted by molar-refractivity contribution is 5.95. The second kappa shape index (κ2) is 18.0. The van der Waals surface area contributed by atoms with Crippen molar-refractivity contribution in [2.45, 2.75) is 50.7 Å². The Kier molecular flexibility index (Phi) is 14.5. The number of rotatable bonds is 13. The van der Waals surface area contributed by atoms with Gasteiger partial charge in [-0.15, -0.1) is 0 Å². The first-order valence-electron chi connectivity index (χ1n) is 15.0. The highest BCUT2D eigenvalue weighted by Gasteiger charge is 2.34. The Balaban J connectivity index is 0.000000849. The Morgan fingerprint density at radius 2 is 1.32 bits per heavy atom. The van der Waals surface area contributed by atoms with Crippen molar-refractivity contribution in [1.29, 1.82) is 0 Å². The van der Waals surface area contributed by atoms with E-state index >= 15 is 0 Å². The summed E-state index contributed by atoms with van der Waals surface area (Å²) in [6.07, 6.45) is 5.50. The maximum Gasteiger partial charge on any atom is 0.328 e. The lowest BCUT2D eigenvalue weighted by Gasteiger charge is -2.34. The van der Waals surface area contributed by atoms with Crippen LogP contribution in [-0.2, 0) is 36.8 Å². The molecule has 5 N–H and O–H groups in total. The second-order valence-corrected chi connectivity index (χ2v) is 11.7. The summed E-state index contributed by atoms with van der Waals surface area (Å²) in [5.74, 6) is -3.39. The number of hydrogen-bond donors (Lipinski definition) is 4. The third-order valence-electron chi connectivity index (χ3n) is 7.25. The SMILES string of the molecule is CNC(=O)[C@@H](Cc1ccccc1)N(C)C(=O)[C@@H](Cc1ccc2ccccc2c1)N(C)C(=O)/C=C/CC(C)(C)N.O=C(O)/C=C/C(=O)O. The zero-order chi connectivity index (χ0) is 35.1. The van der Waals surface area contributed by atoms with Gasteiger partial charge in [-0.25, -0.2) is 9.59 Å². The molecule has 0 saturated heterocycles. The van der Waals surface area contributed by atoms with Crippen LogP contribution < -0.4 is 11.1 Å². The number of likely N-dealkylation sites (N-methyl/N-ethyl adjacent to an activating group) is 3. The van der Waals surface area contributed by atoms with Crippen molar-refractivity contribution in [2.75, 3.05) is 21.1 Å². The number of carboxylic acid groups (broad SMARTS) is 2. The van der Waals surface area contributed by atoms with Crippen LogP contribution in [0.3, 0.4) is 0 Å². The van der Waals surface area contributed by atoms with Crippen molar-refractivity contribution in [3.05, 3.63) is 108 Å². The predicted molar refractivity (Wildman–Crippen MR) is 181 cm³/mol. The van der Waals surface area contributed by atoms with E-state index in [0.29, 0.717) is 31.4 Å². The maximum atomic E-state index is 14.1. The van der Waals surface area contributed by atoms with Crippen LogP contribution in [0, 0.1) is 0 Å². The van der Waals surface area contributed by atoms with Crippen molar-refractivity contribution < 1.29 is 34.2 Å². The smallest absolute Gasteiger partial charge is 0.328 e. The molecule has 0 spiro atoms. The van der Waals surface area contributed by atoms with E-state index in [2.05, 4.69) is 5.32 Å². The Morgan fingerprint density at radius 1 is 0.766 bits per heavy atom. The van der Waals surface area contributed by atoms with Gasteiger partial charge < -0.3 is 31.1 Å². The van der Waals surface area contributed by atoms with Gasteiger partial charge in [0.1, 0.15) is 12.1 Å². The number of nitrogens with two attached hydrogens (primary N) is 1. The number of fused-ring (bicyclic) bond motifs is 1.